The van der Waals surface area contributed by atoms with Gasteiger partial charge in [-0.25, -0.2) is 8.42 Å². The average molecular weight is 537 g/mol. The van der Waals surface area contributed by atoms with Crippen molar-refractivity contribution in [1.29, 1.82) is 0 Å². The third-order valence-corrected chi connectivity index (χ3v) is 9.24. The van der Waals surface area contributed by atoms with Gasteiger partial charge in [0.2, 0.25) is 16.3 Å². The van der Waals surface area contributed by atoms with Crippen LogP contribution >= 0.6 is 11.3 Å². The number of sulfonamides is 1. The first kappa shape index (κ1) is 26.6. The van der Waals surface area contributed by atoms with Gasteiger partial charge in [0.1, 0.15) is 5.75 Å². The fourth-order valence-corrected chi connectivity index (χ4v) is 6.30. The third kappa shape index (κ3) is 6.46. The number of benzene rings is 1. The minimum absolute atomic E-state index is 0.0196. The molecule has 0 saturated heterocycles. The molecule has 9 nitrogen and oxygen atoms in total. The lowest BCUT2D eigenvalue weighted by Crippen LogP contribution is -2.42. The Hall–Kier alpha value is -2.44. The zero-order chi connectivity index (χ0) is 25.5. The summed E-state index contributed by atoms with van der Waals surface area (Å²) in [4.78, 5) is 14.0. The molecule has 0 bridgehead atoms. The molecule has 196 valence electrons. The number of aliphatic hydroxyl groups is 1. The summed E-state index contributed by atoms with van der Waals surface area (Å²) in [5.41, 5.74) is 0. The highest BCUT2D eigenvalue weighted by Gasteiger charge is 2.31. The quantitative estimate of drug-likeness (QED) is 0.429. The lowest BCUT2D eigenvalue weighted by Gasteiger charge is -2.31. The molecule has 4 rings (SSSR count). The van der Waals surface area contributed by atoms with E-state index in [4.69, 9.17) is 14.2 Å². The predicted octanol–water partition coefficient (Wildman–Crippen LogP) is 2.84. The average Bonchev–Trinajstić information content (AvgIpc) is 3.40. The first-order chi connectivity index (χ1) is 17.4. The number of amides is 1. The van der Waals surface area contributed by atoms with Gasteiger partial charge in [-0.1, -0.05) is 6.07 Å². The topological polar surface area (TPSA) is 114 Å². The first-order valence-corrected chi connectivity index (χ1v) is 14.3. The minimum Gasteiger partial charge on any atom is -0.497 e. The van der Waals surface area contributed by atoms with E-state index in [2.05, 4.69) is 5.32 Å². The summed E-state index contributed by atoms with van der Waals surface area (Å²) in [5, 5.41) is 14.5. The highest BCUT2D eigenvalue weighted by Crippen LogP contribution is 2.34. The molecule has 1 aromatic carbocycles. The Morgan fingerprint density at radius 1 is 1.22 bits per heavy atom. The largest absolute Gasteiger partial charge is 0.497 e. The van der Waals surface area contributed by atoms with Crippen molar-refractivity contribution in [3.05, 3.63) is 58.5 Å². The molecule has 1 saturated carbocycles. The van der Waals surface area contributed by atoms with Gasteiger partial charge in [0.25, 0.3) is 5.91 Å². The molecule has 2 aliphatic rings. The zero-order valence-electron chi connectivity index (χ0n) is 20.2. The Morgan fingerprint density at radius 2 is 2.00 bits per heavy atom. The lowest BCUT2D eigenvalue weighted by molar-refractivity contribution is -0.147. The lowest BCUT2D eigenvalue weighted by atomic mass is 9.93. The number of rotatable bonds is 12. The Bertz CT molecular complexity index is 1130. The number of ether oxygens (including phenoxy) is 3. The predicted molar refractivity (Wildman–Crippen MR) is 135 cm³/mol. The van der Waals surface area contributed by atoms with Crippen molar-refractivity contribution in [2.24, 2.45) is 0 Å². The summed E-state index contributed by atoms with van der Waals surface area (Å²) in [6.45, 7) is -0.347. The standard InChI is InChI=1S/C25H32N2O7S2/c1-32-20-7-9-21(10-8-20)36(30,31)27(11-13-28)12-14-33-24-17-18(23-6-3-15-35-23)16-22(34-24)25(29)26-19-4-2-5-19/h3,6-10,15-16,18-19,24,28H,2,4-5,11-14,17H2,1H3,(H,26,29)/t18-,24+/m0/s1. The number of methoxy groups -OCH3 is 1. The van der Waals surface area contributed by atoms with Gasteiger partial charge in [-0.05, 0) is 61.1 Å². The monoisotopic (exact) mass is 536 g/mol. The van der Waals surface area contributed by atoms with E-state index in [1.165, 1.54) is 23.5 Å². The maximum Gasteiger partial charge on any atom is 0.286 e. The maximum atomic E-state index is 13.1. The molecule has 1 aliphatic heterocycles. The smallest absolute Gasteiger partial charge is 0.286 e. The van der Waals surface area contributed by atoms with Crippen LogP contribution in [0.15, 0.2) is 58.5 Å². The van der Waals surface area contributed by atoms with Crippen molar-refractivity contribution in [3.8, 4) is 5.75 Å². The van der Waals surface area contributed by atoms with Gasteiger partial charge in [-0.3, -0.25) is 4.79 Å². The van der Waals surface area contributed by atoms with E-state index in [1.54, 1.807) is 23.5 Å². The van der Waals surface area contributed by atoms with Crippen LogP contribution in [0.4, 0.5) is 0 Å². The molecule has 0 unspecified atom stereocenters. The van der Waals surface area contributed by atoms with Crippen LogP contribution in [0.3, 0.4) is 0 Å². The van der Waals surface area contributed by atoms with Crippen LogP contribution in [0.25, 0.3) is 0 Å². The van der Waals surface area contributed by atoms with Crippen molar-refractivity contribution >= 4 is 27.3 Å². The van der Waals surface area contributed by atoms with Crippen LogP contribution in [-0.4, -0.2) is 69.5 Å². The van der Waals surface area contributed by atoms with E-state index in [9.17, 15) is 18.3 Å². The van der Waals surface area contributed by atoms with Crippen LogP contribution in [0.5, 0.6) is 5.75 Å². The summed E-state index contributed by atoms with van der Waals surface area (Å²) in [6, 6.07) is 10.2. The van der Waals surface area contributed by atoms with Crippen LogP contribution < -0.4 is 10.1 Å². The van der Waals surface area contributed by atoms with Crippen molar-refractivity contribution in [3.63, 3.8) is 0 Å². The summed E-state index contributed by atoms with van der Waals surface area (Å²) in [6.07, 6.45) is 4.69. The molecule has 1 fully saturated rings. The molecular formula is C25H32N2O7S2. The highest BCUT2D eigenvalue weighted by atomic mass is 32.2. The fourth-order valence-electron chi connectivity index (χ4n) is 4.07. The number of allylic oxidation sites excluding steroid dienone is 1. The Kier molecular flexibility index (Phi) is 9.02. The molecule has 2 heterocycles. The summed E-state index contributed by atoms with van der Waals surface area (Å²) < 4.78 is 44.3. The van der Waals surface area contributed by atoms with E-state index in [1.807, 2.05) is 23.6 Å². The van der Waals surface area contributed by atoms with Crippen LogP contribution in [0, 0.1) is 0 Å². The normalized spacial score (nSPS) is 20.4. The third-order valence-electron chi connectivity index (χ3n) is 6.32. The Labute approximate surface area is 215 Å². The molecular weight excluding hydrogens is 504 g/mol. The summed E-state index contributed by atoms with van der Waals surface area (Å²) >= 11 is 1.60. The van der Waals surface area contributed by atoms with Gasteiger partial charge < -0.3 is 24.6 Å². The fraction of sp³-hybridized carbons (Fsp3) is 0.480. The second kappa shape index (κ2) is 12.2. The number of hydrogen-bond acceptors (Lipinski definition) is 8. The molecule has 0 radical (unpaired) electrons. The van der Waals surface area contributed by atoms with Gasteiger partial charge in [-0.2, -0.15) is 4.31 Å². The molecule has 11 heteroatoms. The molecule has 1 aliphatic carbocycles. The Balaban J connectivity index is 1.40. The van der Waals surface area contributed by atoms with Gasteiger partial charge in [-0.15, -0.1) is 11.3 Å². The van der Waals surface area contributed by atoms with Gasteiger partial charge >= 0.3 is 0 Å². The molecule has 0 spiro atoms. The van der Waals surface area contributed by atoms with Crippen LogP contribution in [0.1, 0.15) is 36.5 Å². The molecule has 36 heavy (non-hydrogen) atoms. The van der Waals surface area contributed by atoms with E-state index in [0.717, 1.165) is 24.1 Å². The first-order valence-electron chi connectivity index (χ1n) is 12.0. The van der Waals surface area contributed by atoms with Crippen molar-refractivity contribution < 1.29 is 32.5 Å². The SMILES string of the molecule is COc1ccc(S(=O)(=O)N(CCO)CCO[C@H]2C[C@@H](c3cccs3)C=C(C(=O)NC3CCC3)O2)cc1. The maximum absolute atomic E-state index is 13.1. The number of hydrogen-bond donors (Lipinski definition) is 2. The number of nitrogens with zero attached hydrogens (tertiary/aromatic N) is 1. The number of nitrogens with one attached hydrogen (secondary N) is 1. The van der Waals surface area contributed by atoms with Gasteiger partial charge in [0.15, 0.2) is 5.76 Å². The van der Waals surface area contributed by atoms with E-state index >= 15 is 0 Å². The van der Waals surface area contributed by atoms with Crippen LogP contribution in [0.2, 0.25) is 0 Å². The number of carbonyl (C=O) groups excluding carboxylic acids is 1. The molecule has 2 atom stereocenters. The van der Waals surface area contributed by atoms with Crippen LogP contribution in [-0.2, 0) is 24.3 Å². The number of thiophene rings is 1. The van der Waals surface area contributed by atoms with Crippen molar-refractivity contribution in [2.75, 3.05) is 33.4 Å². The second-order valence-corrected chi connectivity index (χ2v) is 11.6. The molecule has 2 N–H and O–H groups in total. The van der Waals surface area contributed by atoms with Gasteiger partial charge in [0, 0.05) is 36.3 Å². The number of carbonyl (C=O) groups is 1. The van der Waals surface area contributed by atoms with Crippen molar-refractivity contribution in [1.82, 2.24) is 9.62 Å². The van der Waals surface area contributed by atoms with E-state index in [0.29, 0.717) is 12.2 Å². The molecule has 1 amide bonds. The van der Waals surface area contributed by atoms with Gasteiger partial charge in [0.05, 0.1) is 25.2 Å². The van der Waals surface area contributed by atoms with Crippen molar-refractivity contribution in [2.45, 2.75) is 48.8 Å². The molecule has 2 aromatic rings. The van der Waals surface area contributed by atoms with E-state index < -0.39 is 16.3 Å². The summed E-state index contributed by atoms with van der Waals surface area (Å²) in [5.74, 6) is 0.488. The minimum atomic E-state index is -3.85. The van der Waals surface area contributed by atoms with E-state index in [-0.39, 0.29) is 54.8 Å². The highest BCUT2D eigenvalue weighted by molar-refractivity contribution is 7.89. The second-order valence-electron chi connectivity index (χ2n) is 8.71. The zero-order valence-corrected chi connectivity index (χ0v) is 21.8. The summed E-state index contributed by atoms with van der Waals surface area (Å²) in [7, 11) is -2.34. The molecule has 1 aromatic heterocycles. The Morgan fingerprint density at radius 3 is 2.61 bits per heavy atom. The number of aliphatic hydroxyl groups excluding tert-OH is 1.